The van der Waals surface area contributed by atoms with Gasteiger partial charge in [0, 0.05) is 6.04 Å². The summed E-state index contributed by atoms with van der Waals surface area (Å²) in [4.78, 5) is 13.4. The number of carboxylic acids is 1. The number of aliphatic carboxylic acids is 1. The monoisotopic (exact) mass is 258 g/mol. The molecule has 0 radical (unpaired) electrons. The Kier molecular flexibility index (Phi) is 8.20. The quantitative estimate of drug-likeness (QED) is 0.631. The highest BCUT2D eigenvalue weighted by Crippen LogP contribution is 2.12. The molecule has 0 aliphatic carbocycles. The van der Waals surface area contributed by atoms with Crippen LogP contribution in [0.1, 0.15) is 59.8 Å². The highest BCUT2D eigenvalue weighted by molar-refractivity contribution is 5.77. The van der Waals surface area contributed by atoms with Crippen LogP contribution in [0.15, 0.2) is 0 Å². The van der Waals surface area contributed by atoms with Crippen LogP contribution in [0.3, 0.4) is 0 Å². The van der Waals surface area contributed by atoms with E-state index in [9.17, 15) is 4.79 Å². The van der Waals surface area contributed by atoms with E-state index in [0.29, 0.717) is 12.5 Å². The van der Waals surface area contributed by atoms with Crippen molar-refractivity contribution in [3.05, 3.63) is 0 Å². The van der Waals surface area contributed by atoms with Crippen LogP contribution in [0.4, 0.5) is 0 Å². The molecule has 0 rings (SSSR count). The van der Waals surface area contributed by atoms with Gasteiger partial charge in [-0.3, -0.25) is 4.79 Å². The molecule has 108 valence electrons. The molecule has 0 saturated heterocycles. The molecule has 0 spiro atoms. The third kappa shape index (κ3) is 6.36. The predicted octanol–water partition coefficient (Wildman–Crippen LogP) is 2.47. The van der Waals surface area contributed by atoms with Crippen LogP contribution in [0, 0.1) is 0 Å². The van der Waals surface area contributed by atoms with Crippen molar-refractivity contribution in [2.45, 2.75) is 71.4 Å². The standard InChI is InChI=1S/C14H30N2O2/c1-5-7-10-16(12(3)6-2)11-8-9-14(4,15)13(17)18/h12H,5-11,15H2,1-4H3,(H,17,18). The van der Waals surface area contributed by atoms with Crippen LogP contribution < -0.4 is 5.73 Å². The van der Waals surface area contributed by atoms with E-state index < -0.39 is 11.5 Å². The summed E-state index contributed by atoms with van der Waals surface area (Å²) in [6.45, 7) is 10.2. The molecule has 0 heterocycles. The zero-order valence-electron chi connectivity index (χ0n) is 12.4. The van der Waals surface area contributed by atoms with Crippen LogP contribution in [0.5, 0.6) is 0 Å². The Morgan fingerprint density at radius 2 is 1.89 bits per heavy atom. The highest BCUT2D eigenvalue weighted by atomic mass is 16.4. The second kappa shape index (κ2) is 8.48. The first-order valence-electron chi connectivity index (χ1n) is 7.11. The van der Waals surface area contributed by atoms with Crippen molar-refractivity contribution in [2.75, 3.05) is 13.1 Å². The zero-order valence-corrected chi connectivity index (χ0v) is 12.4. The molecule has 0 aliphatic rings. The van der Waals surface area contributed by atoms with Crippen LogP contribution in [0.25, 0.3) is 0 Å². The fraction of sp³-hybridized carbons (Fsp3) is 0.929. The van der Waals surface area contributed by atoms with Crippen LogP contribution in [-0.2, 0) is 4.79 Å². The van der Waals surface area contributed by atoms with Gasteiger partial charge in [-0.25, -0.2) is 0 Å². The highest BCUT2D eigenvalue weighted by Gasteiger charge is 2.27. The normalized spacial score (nSPS) is 16.6. The van der Waals surface area contributed by atoms with E-state index in [1.165, 1.54) is 12.8 Å². The number of carboxylic acid groups (broad SMARTS) is 1. The van der Waals surface area contributed by atoms with Gasteiger partial charge in [-0.1, -0.05) is 20.3 Å². The summed E-state index contributed by atoms with van der Waals surface area (Å²) in [5.74, 6) is -0.911. The average molecular weight is 258 g/mol. The Morgan fingerprint density at radius 3 is 2.33 bits per heavy atom. The lowest BCUT2D eigenvalue weighted by molar-refractivity contribution is -0.142. The van der Waals surface area contributed by atoms with Crippen LogP contribution in [-0.4, -0.2) is 40.6 Å². The largest absolute Gasteiger partial charge is 0.480 e. The maximum absolute atomic E-state index is 10.9. The molecule has 4 nitrogen and oxygen atoms in total. The van der Waals surface area contributed by atoms with Crippen molar-refractivity contribution in [3.8, 4) is 0 Å². The van der Waals surface area contributed by atoms with Crippen molar-refractivity contribution >= 4 is 5.97 Å². The summed E-state index contributed by atoms with van der Waals surface area (Å²) in [5.41, 5.74) is 4.65. The molecule has 0 aliphatic heterocycles. The first-order valence-corrected chi connectivity index (χ1v) is 7.11. The summed E-state index contributed by atoms with van der Waals surface area (Å²) in [7, 11) is 0. The average Bonchev–Trinajstić information content (AvgIpc) is 2.32. The molecule has 18 heavy (non-hydrogen) atoms. The molecule has 0 bridgehead atoms. The molecule has 2 unspecified atom stereocenters. The number of nitrogens with zero attached hydrogens (tertiary/aromatic N) is 1. The molecule has 4 heteroatoms. The van der Waals surface area contributed by atoms with E-state index in [-0.39, 0.29) is 0 Å². The Morgan fingerprint density at radius 1 is 1.33 bits per heavy atom. The summed E-state index contributed by atoms with van der Waals surface area (Å²) < 4.78 is 0. The number of unbranched alkanes of at least 4 members (excludes halogenated alkanes) is 1. The van der Waals surface area contributed by atoms with Gasteiger partial charge in [0.2, 0.25) is 0 Å². The number of hydrogen-bond acceptors (Lipinski definition) is 3. The Labute approximate surface area is 112 Å². The fourth-order valence-electron chi connectivity index (χ4n) is 1.93. The van der Waals surface area contributed by atoms with E-state index in [4.69, 9.17) is 10.8 Å². The molecule has 0 aromatic rings. The van der Waals surface area contributed by atoms with Crippen LogP contribution >= 0.6 is 0 Å². The van der Waals surface area contributed by atoms with Gasteiger partial charge in [0.1, 0.15) is 5.54 Å². The smallest absolute Gasteiger partial charge is 0.323 e. The first-order chi connectivity index (χ1) is 8.35. The van der Waals surface area contributed by atoms with Gasteiger partial charge in [0.15, 0.2) is 0 Å². The van der Waals surface area contributed by atoms with Crippen molar-refractivity contribution < 1.29 is 9.90 Å². The van der Waals surface area contributed by atoms with Crippen molar-refractivity contribution in [1.82, 2.24) is 4.90 Å². The lowest BCUT2D eigenvalue weighted by atomic mass is 9.97. The number of rotatable bonds is 10. The summed E-state index contributed by atoms with van der Waals surface area (Å²) in [5, 5.41) is 8.96. The molecule has 0 fully saturated rings. The van der Waals surface area contributed by atoms with Gasteiger partial charge in [0.05, 0.1) is 0 Å². The van der Waals surface area contributed by atoms with E-state index in [0.717, 1.165) is 25.9 Å². The van der Waals surface area contributed by atoms with Crippen molar-refractivity contribution in [1.29, 1.82) is 0 Å². The molecule has 0 aromatic carbocycles. The topological polar surface area (TPSA) is 66.6 Å². The number of carbonyl (C=O) groups is 1. The van der Waals surface area contributed by atoms with Crippen molar-refractivity contribution in [3.63, 3.8) is 0 Å². The molecular formula is C14H30N2O2. The fourth-order valence-corrected chi connectivity index (χ4v) is 1.93. The number of nitrogens with two attached hydrogens (primary N) is 1. The second-order valence-electron chi connectivity index (χ2n) is 5.47. The van der Waals surface area contributed by atoms with Gasteiger partial charge in [-0.05, 0) is 52.6 Å². The Balaban J connectivity index is 4.14. The summed E-state index contributed by atoms with van der Waals surface area (Å²) >= 11 is 0. The molecule has 2 atom stereocenters. The van der Waals surface area contributed by atoms with E-state index in [1.807, 2.05) is 0 Å². The van der Waals surface area contributed by atoms with Crippen molar-refractivity contribution in [2.24, 2.45) is 5.73 Å². The molecule has 0 amide bonds. The maximum atomic E-state index is 10.9. The number of hydrogen-bond donors (Lipinski definition) is 2. The van der Waals surface area contributed by atoms with E-state index in [2.05, 4.69) is 25.7 Å². The minimum absolute atomic E-state index is 0.529. The van der Waals surface area contributed by atoms with Crippen LogP contribution in [0.2, 0.25) is 0 Å². The SMILES string of the molecule is CCCCN(CCCC(C)(N)C(=O)O)C(C)CC. The molecule has 3 N–H and O–H groups in total. The first kappa shape index (κ1) is 17.4. The second-order valence-corrected chi connectivity index (χ2v) is 5.47. The predicted molar refractivity (Wildman–Crippen MR) is 75.7 cm³/mol. The minimum Gasteiger partial charge on any atom is -0.480 e. The van der Waals surface area contributed by atoms with Gasteiger partial charge >= 0.3 is 5.97 Å². The summed E-state index contributed by atoms with van der Waals surface area (Å²) in [6, 6.07) is 0.561. The lowest BCUT2D eigenvalue weighted by Crippen LogP contribution is -2.45. The maximum Gasteiger partial charge on any atom is 0.323 e. The van der Waals surface area contributed by atoms with Gasteiger partial charge in [0.25, 0.3) is 0 Å². The van der Waals surface area contributed by atoms with Gasteiger partial charge in [-0.2, -0.15) is 0 Å². The molecule has 0 aromatic heterocycles. The lowest BCUT2D eigenvalue weighted by Gasteiger charge is -2.29. The third-order valence-electron chi connectivity index (χ3n) is 3.64. The molecule has 0 saturated carbocycles. The third-order valence-corrected chi connectivity index (χ3v) is 3.64. The van der Waals surface area contributed by atoms with Gasteiger partial charge < -0.3 is 15.7 Å². The Bertz CT molecular complexity index is 242. The van der Waals surface area contributed by atoms with E-state index in [1.54, 1.807) is 6.92 Å². The Hall–Kier alpha value is -0.610. The zero-order chi connectivity index (χ0) is 14.2. The van der Waals surface area contributed by atoms with E-state index >= 15 is 0 Å². The summed E-state index contributed by atoms with van der Waals surface area (Å²) in [6.07, 6.45) is 4.89. The van der Waals surface area contributed by atoms with Gasteiger partial charge in [-0.15, -0.1) is 0 Å². The minimum atomic E-state index is -1.09. The molecular weight excluding hydrogens is 228 g/mol.